The quantitative estimate of drug-likeness (QED) is 0.763. The Labute approximate surface area is 133 Å². The number of hydrogen-bond acceptors (Lipinski definition) is 2. The molecule has 0 saturated heterocycles. The van der Waals surface area contributed by atoms with Gasteiger partial charge in [0, 0.05) is 13.1 Å². The lowest BCUT2D eigenvalue weighted by atomic mass is 10.2. The zero-order valence-corrected chi connectivity index (χ0v) is 12.7. The fourth-order valence-electron chi connectivity index (χ4n) is 1.83. The van der Waals surface area contributed by atoms with E-state index in [2.05, 4.69) is 0 Å². The Hall–Kier alpha value is -2.69. The van der Waals surface area contributed by atoms with Crippen molar-refractivity contribution >= 4 is 12.0 Å². The van der Waals surface area contributed by atoms with Crippen LogP contribution in [0.5, 0.6) is 5.75 Å². The molecule has 23 heavy (non-hydrogen) atoms. The van der Waals surface area contributed by atoms with E-state index in [1.165, 1.54) is 35.2 Å². The van der Waals surface area contributed by atoms with Crippen molar-refractivity contribution in [1.82, 2.24) is 4.90 Å². The normalized spacial score (nSPS) is 10.7. The molecule has 1 amide bonds. The van der Waals surface area contributed by atoms with Gasteiger partial charge in [-0.25, -0.2) is 8.78 Å². The number of amides is 1. The van der Waals surface area contributed by atoms with Crippen LogP contribution < -0.4 is 4.74 Å². The minimum atomic E-state index is -0.433. The maximum absolute atomic E-state index is 13.4. The molecule has 0 saturated carbocycles. The van der Waals surface area contributed by atoms with Gasteiger partial charge >= 0.3 is 0 Å². The van der Waals surface area contributed by atoms with Crippen LogP contribution >= 0.6 is 0 Å². The molecule has 120 valence electrons. The molecule has 0 heterocycles. The van der Waals surface area contributed by atoms with Gasteiger partial charge < -0.3 is 9.64 Å². The van der Waals surface area contributed by atoms with Crippen LogP contribution in [-0.2, 0) is 4.79 Å². The minimum Gasteiger partial charge on any atom is -0.489 e. The second kappa shape index (κ2) is 8.08. The molecule has 2 rings (SSSR count). The summed E-state index contributed by atoms with van der Waals surface area (Å²) < 4.78 is 31.4. The summed E-state index contributed by atoms with van der Waals surface area (Å²) in [5.41, 5.74) is 0.732. The molecular weight excluding hydrogens is 300 g/mol. The maximum atomic E-state index is 13.4. The summed E-state index contributed by atoms with van der Waals surface area (Å²) >= 11 is 0. The first-order chi connectivity index (χ1) is 11.1. The number of likely N-dealkylation sites (N-methyl/N-ethyl adjacent to an activating group) is 1. The summed E-state index contributed by atoms with van der Waals surface area (Å²) in [6.45, 7) is 0.508. The predicted octanol–water partition coefficient (Wildman–Crippen LogP) is 3.52. The number of carbonyl (C=O) groups excluding carboxylic acids is 1. The van der Waals surface area contributed by atoms with Crippen molar-refractivity contribution in [1.29, 1.82) is 0 Å². The van der Waals surface area contributed by atoms with Gasteiger partial charge in [0.2, 0.25) is 5.91 Å². The van der Waals surface area contributed by atoms with Gasteiger partial charge in [0.15, 0.2) is 11.6 Å². The summed E-state index contributed by atoms with van der Waals surface area (Å²) in [4.78, 5) is 13.4. The van der Waals surface area contributed by atoms with Gasteiger partial charge in [0.1, 0.15) is 12.4 Å². The molecule has 5 heteroatoms. The number of ether oxygens (including phenoxy) is 1. The highest BCUT2D eigenvalue weighted by atomic mass is 19.1. The Bertz CT molecular complexity index is 684. The SMILES string of the molecule is CN(CCOc1ccccc1F)C(=O)/C=C/c1ccc(F)cc1. The van der Waals surface area contributed by atoms with Crippen LogP contribution in [0, 0.1) is 11.6 Å². The Morgan fingerprint density at radius 3 is 2.52 bits per heavy atom. The Balaban J connectivity index is 1.81. The lowest BCUT2D eigenvalue weighted by Crippen LogP contribution is -2.29. The van der Waals surface area contributed by atoms with E-state index in [0.717, 1.165) is 5.56 Å². The molecule has 0 aromatic heterocycles. The average molecular weight is 317 g/mol. The smallest absolute Gasteiger partial charge is 0.246 e. The molecule has 2 aromatic rings. The predicted molar refractivity (Wildman–Crippen MR) is 85.0 cm³/mol. The van der Waals surface area contributed by atoms with E-state index in [-0.39, 0.29) is 24.1 Å². The van der Waals surface area contributed by atoms with Gasteiger partial charge in [0.25, 0.3) is 0 Å². The van der Waals surface area contributed by atoms with Crippen molar-refractivity contribution in [2.45, 2.75) is 0 Å². The van der Waals surface area contributed by atoms with Gasteiger partial charge in [-0.15, -0.1) is 0 Å². The van der Waals surface area contributed by atoms with Gasteiger partial charge in [-0.3, -0.25) is 4.79 Å². The van der Waals surface area contributed by atoms with Crippen LogP contribution in [0.1, 0.15) is 5.56 Å². The van der Waals surface area contributed by atoms with Crippen molar-refractivity contribution in [3.8, 4) is 5.75 Å². The molecule has 3 nitrogen and oxygen atoms in total. The molecular formula is C18H17F2NO2. The lowest BCUT2D eigenvalue weighted by Gasteiger charge is -2.15. The zero-order chi connectivity index (χ0) is 16.7. The number of benzene rings is 2. The van der Waals surface area contributed by atoms with E-state index in [0.29, 0.717) is 6.54 Å². The third-order valence-corrected chi connectivity index (χ3v) is 3.19. The van der Waals surface area contributed by atoms with Crippen molar-refractivity contribution < 1.29 is 18.3 Å². The summed E-state index contributed by atoms with van der Waals surface area (Å²) in [7, 11) is 1.63. The fourth-order valence-corrected chi connectivity index (χ4v) is 1.83. The molecule has 0 radical (unpaired) electrons. The largest absolute Gasteiger partial charge is 0.489 e. The van der Waals surface area contributed by atoms with Crippen molar-refractivity contribution in [3.63, 3.8) is 0 Å². The van der Waals surface area contributed by atoms with Crippen molar-refractivity contribution in [2.24, 2.45) is 0 Å². The lowest BCUT2D eigenvalue weighted by molar-refractivity contribution is -0.125. The van der Waals surface area contributed by atoms with Gasteiger partial charge in [-0.05, 0) is 35.9 Å². The molecule has 0 aliphatic rings. The molecule has 0 atom stereocenters. The van der Waals surface area contributed by atoms with E-state index in [1.54, 1.807) is 37.4 Å². The van der Waals surface area contributed by atoms with Crippen LogP contribution in [-0.4, -0.2) is 31.0 Å². The highest BCUT2D eigenvalue weighted by Crippen LogP contribution is 2.15. The molecule has 0 bridgehead atoms. The Morgan fingerprint density at radius 2 is 1.83 bits per heavy atom. The van der Waals surface area contributed by atoms with Gasteiger partial charge in [0.05, 0.1) is 6.54 Å². The first-order valence-electron chi connectivity index (χ1n) is 7.12. The topological polar surface area (TPSA) is 29.5 Å². The van der Waals surface area contributed by atoms with E-state index in [4.69, 9.17) is 4.74 Å². The van der Waals surface area contributed by atoms with Crippen LogP contribution in [0.25, 0.3) is 6.08 Å². The second-order valence-corrected chi connectivity index (χ2v) is 4.92. The minimum absolute atomic E-state index is 0.162. The summed E-state index contributed by atoms with van der Waals surface area (Å²) in [6, 6.07) is 11.9. The van der Waals surface area contributed by atoms with Crippen LogP contribution in [0.4, 0.5) is 8.78 Å². The summed E-state index contributed by atoms with van der Waals surface area (Å²) in [5, 5.41) is 0. The highest BCUT2D eigenvalue weighted by molar-refractivity contribution is 5.91. The van der Waals surface area contributed by atoms with Crippen molar-refractivity contribution in [3.05, 3.63) is 71.8 Å². The molecule has 0 aliphatic carbocycles. The molecule has 0 unspecified atom stereocenters. The fraction of sp³-hybridized carbons (Fsp3) is 0.167. The number of carbonyl (C=O) groups is 1. The summed E-state index contributed by atoms with van der Waals surface area (Å²) in [6.07, 6.45) is 3.01. The van der Waals surface area contributed by atoms with Crippen LogP contribution in [0.3, 0.4) is 0 Å². The standard InChI is InChI=1S/C18H17F2NO2/c1-21(12-13-23-17-5-3-2-4-16(17)20)18(22)11-8-14-6-9-15(19)10-7-14/h2-11H,12-13H2,1H3/b11-8+. The number of nitrogens with zero attached hydrogens (tertiary/aromatic N) is 1. The third kappa shape index (κ3) is 5.21. The third-order valence-electron chi connectivity index (χ3n) is 3.19. The molecule has 2 aromatic carbocycles. The Morgan fingerprint density at radius 1 is 1.13 bits per heavy atom. The van der Waals surface area contributed by atoms with E-state index in [1.807, 2.05) is 0 Å². The van der Waals surface area contributed by atoms with Gasteiger partial charge in [-0.2, -0.15) is 0 Å². The van der Waals surface area contributed by atoms with E-state index in [9.17, 15) is 13.6 Å². The van der Waals surface area contributed by atoms with Crippen LogP contribution in [0.2, 0.25) is 0 Å². The number of rotatable bonds is 6. The first kappa shape index (κ1) is 16.7. The molecule has 0 N–H and O–H groups in total. The highest BCUT2D eigenvalue weighted by Gasteiger charge is 2.06. The summed E-state index contributed by atoms with van der Waals surface area (Å²) in [5.74, 6) is -0.810. The monoisotopic (exact) mass is 317 g/mol. The van der Waals surface area contributed by atoms with E-state index < -0.39 is 5.82 Å². The molecule has 0 spiro atoms. The van der Waals surface area contributed by atoms with E-state index >= 15 is 0 Å². The molecule has 0 aliphatic heterocycles. The number of para-hydroxylation sites is 1. The van der Waals surface area contributed by atoms with Gasteiger partial charge in [-0.1, -0.05) is 24.3 Å². The first-order valence-corrected chi connectivity index (χ1v) is 7.12. The number of halogens is 2. The zero-order valence-electron chi connectivity index (χ0n) is 12.7. The Kier molecular flexibility index (Phi) is 5.86. The second-order valence-electron chi connectivity index (χ2n) is 4.92. The van der Waals surface area contributed by atoms with Crippen molar-refractivity contribution in [2.75, 3.05) is 20.2 Å². The maximum Gasteiger partial charge on any atom is 0.246 e. The average Bonchev–Trinajstić information content (AvgIpc) is 2.55. The van der Waals surface area contributed by atoms with Crippen LogP contribution in [0.15, 0.2) is 54.6 Å². The number of hydrogen-bond donors (Lipinski definition) is 0. The molecule has 0 fully saturated rings.